The molecule has 2 aromatic rings. The molecule has 0 aliphatic rings. The van der Waals surface area contributed by atoms with E-state index in [1.165, 1.54) is 11.1 Å². The average molecular weight is 453 g/mol. The van der Waals surface area contributed by atoms with Crippen molar-refractivity contribution >= 4 is 0 Å². The largest absolute Gasteiger partial charge is 0.304 e. The molecular formula is C16H16F2IrN-. The van der Waals surface area contributed by atoms with Crippen LogP contribution in [0.2, 0.25) is 0 Å². The number of aromatic nitrogens is 1. The van der Waals surface area contributed by atoms with Crippen LogP contribution < -0.4 is 0 Å². The van der Waals surface area contributed by atoms with Gasteiger partial charge in [0.2, 0.25) is 0 Å². The van der Waals surface area contributed by atoms with E-state index in [0.717, 1.165) is 31.4 Å². The van der Waals surface area contributed by atoms with Gasteiger partial charge >= 0.3 is 0 Å². The maximum absolute atomic E-state index is 13.7. The van der Waals surface area contributed by atoms with Crippen molar-refractivity contribution in [2.45, 2.75) is 33.1 Å². The van der Waals surface area contributed by atoms with Crippen molar-refractivity contribution in [3.63, 3.8) is 0 Å². The number of halogens is 2. The van der Waals surface area contributed by atoms with Crippen molar-refractivity contribution < 1.29 is 28.9 Å². The fourth-order valence-corrected chi connectivity index (χ4v) is 2.12. The van der Waals surface area contributed by atoms with Crippen molar-refractivity contribution in [2.24, 2.45) is 0 Å². The molecule has 4 heteroatoms. The summed E-state index contributed by atoms with van der Waals surface area (Å²) in [5, 5.41) is 0. The maximum atomic E-state index is 13.7. The summed E-state index contributed by atoms with van der Waals surface area (Å²) in [6, 6.07) is 6.49. The number of pyridine rings is 1. The minimum atomic E-state index is -0.626. The van der Waals surface area contributed by atoms with Gasteiger partial charge in [0.25, 0.3) is 0 Å². The summed E-state index contributed by atoms with van der Waals surface area (Å²) >= 11 is 0. The van der Waals surface area contributed by atoms with E-state index >= 15 is 0 Å². The Labute approximate surface area is 131 Å². The van der Waals surface area contributed by atoms with E-state index in [2.05, 4.69) is 24.9 Å². The van der Waals surface area contributed by atoms with Gasteiger partial charge in [-0.1, -0.05) is 43.5 Å². The third-order valence-electron chi connectivity index (χ3n) is 3.10. The minimum absolute atomic E-state index is 0. The molecular weight excluding hydrogens is 436 g/mol. The molecule has 0 saturated carbocycles. The zero-order valence-electron chi connectivity index (χ0n) is 11.5. The van der Waals surface area contributed by atoms with Gasteiger partial charge < -0.3 is 4.98 Å². The fourth-order valence-electron chi connectivity index (χ4n) is 2.12. The van der Waals surface area contributed by atoms with Crippen molar-refractivity contribution in [1.29, 1.82) is 0 Å². The molecule has 1 aromatic heterocycles. The fraction of sp³-hybridized carbons (Fsp3) is 0.312. The molecule has 0 N–H and O–H groups in total. The topological polar surface area (TPSA) is 12.9 Å². The summed E-state index contributed by atoms with van der Waals surface area (Å²) in [7, 11) is 0. The molecule has 0 saturated heterocycles. The van der Waals surface area contributed by atoms with Crippen LogP contribution in [0.3, 0.4) is 0 Å². The zero-order chi connectivity index (χ0) is 13.8. The van der Waals surface area contributed by atoms with E-state index in [1.54, 1.807) is 6.20 Å². The number of nitrogens with zero attached hydrogens (tertiary/aromatic N) is 1. The van der Waals surface area contributed by atoms with E-state index in [1.807, 2.05) is 6.07 Å². The normalized spacial score (nSPS) is 10.2. The molecule has 0 atom stereocenters. The maximum Gasteiger partial charge on any atom is 0.0408 e. The van der Waals surface area contributed by atoms with E-state index in [-0.39, 0.29) is 25.7 Å². The van der Waals surface area contributed by atoms with Gasteiger partial charge in [-0.15, -0.1) is 12.1 Å². The van der Waals surface area contributed by atoms with Gasteiger partial charge in [-0.05, 0) is 24.1 Å². The molecule has 0 fully saturated rings. The molecule has 20 heavy (non-hydrogen) atoms. The molecule has 0 unspecified atom stereocenters. The number of hydrogen-bond donors (Lipinski definition) is 0. The molecule has 0 spiro atoms. The smallest absolute Gasteiger partial charge is 0.0408 e. The molecule has 2 rings (SSSR count). The van der Waals surface area contributed by atoms with Gasteiger partial charge in [-0.2, -0.15) is 0 Å². The third kappa shape index (κ3) is 3.71. The summed E-state index contributed by atoms with van der Waals surface area (Å²) in [5.41, 5.74) is 3.08. The van der Waals surface area contributed by atoms with E-state index < -0.39 is 11.6 Å². The summed E-state index contributed by atoms with van der Waals surface area (Å²) in [5.74, 6) is -1.25. The molecule has 1 radical (unpaired) electrons. The summed E-state index contributed by atoms with van der Waals surface area (Å²) in [6.07, 6.45) is 4.63. The van der Waals surface area contributed by atoms with Crippen molar-refractivity contribution in [2.75, 3.05) is 0 Å². The van der Waals surface area contributed by atoms with Gasteiger partial charge in [0.1, 0.15) is 0 Å². The Hall–Kier alpha value is -1.12. The Morgan fingerprint density at radius 1 is 1.15 bits per heavy atom. The number of hydrogen-bond acceptors (Lipinski definition) is 1. The Morgan fingerprint density at radius 2 is 1.90 bits per heavy atom. The number of rotatable bonds is 4. The molecule has 0 aliphatic heterocycles. The summed E-state index contributed by atoms with van der Waals surface area (Å²) in [4.78, 5) is 4.26. The SMILES string of the molecule is CCCc1cc(-c2[c-]cc(F)cc2F)ncc1CC.[Ir]. The first-order chi connectivity index (χ1) is 9.15. The van der Waals surface area contributed by atoms with Crippen LogP contribution in [0.15, 0.2) is 24.4 Å². The second kappa shape index (κ2) is 7.61. The van der Waals surface area contributed by atoms with Crippen molar-refractivity contribution in [3.05, 3.63) is 53.2 Å². The molecule has 0 aliphatic carbocycles. The molecule has 0 bridgehead atoms. The summed E-state index contributed by atoms with van der Waals surface area (Å²) < 4.78 is 26.6. The van der Waals surface area contributed by atoms with Crippen LogP contribution in [0.25, 0.3) is 11.3 Å². The van der Waals surface area contributed by atoms with Crippen LogP contribution in [0.5, 0.6) is 0 Å². The van der Waals surface area contributed by atoms with Crippen LogP contribution in [0.4, 0.5) is 8.78 Å². The Morgan fingerprint density at radius 3 is 2.50 bits per heavy atom. The summed E-state index contributed by atoms with van der Waals surface area (Å²) in [6.45, 7) is 4.17. The van der Waals surface area contributed by atoms with Crippen LogP contribution >= 0.6 is 0 Å². The van der Waals surface area contributed by atoms with Crippen molar-refractivity contribution in [1.82, 2.24) is 4.98 Å². The number of aryl methyl sites for hydroxylation is 2. The first kappa shape index (κ1) is 16.9. The average Bonchev–Trinajstić information content (AvgIpc) is 2.39. The first-order valence-electron chi connectivity index (χ1n) is 6.50. The van der Waals surface area contributed by atoms with Gasteiger partial charge in [0, 0.05) is 37.9 Å². The van der Waals surface area contributed by atoms with Gasteiger partial charge in [-0.25, -0.2) is 0 Å². The second-order valence-electron chi connectivity index (χ2n) is 4.48. The third-order valence-corrected chi connectivity index (χ3v) is 3.10. The standard InChI is InChI=1S/C16H16F2N.Ir/c1-3-5-12-8-16(19-10-11(12)4-2)14-7-6-13(17)9-15(14)18;/h6,8-10H,3-5H2,1-2H3;/q-1;. The predicted molar refractivity (Wildman–Crippen MR) is 71.8 cm³/mol. The predicted octanol–water partition coefficient (Wildman–Crippen LogP) is 4.34. The van der Waals surface area contributed by atoms with Crippen LogP contribution in [-0.2, 0) is 32.9 Å². The van der Waals surface area contributed by atoms with Crippen LogP contribution in [0.1, 0.15) is 31.4 Å². The van der Waals surface area contributed by atoms with Gasteiger partial charge in [0.15, 0.2) is 0 Å². The van der Waals surface area contributed by atoms with Gasteiger partial charge in [-0.3, -0.25) is 8.78 Å². The van der Waals surface area contributed by atoms with E-state index in [0.29, 0.717) is 5.69 Å². The molecule has 1 nitrogen and oxygen atoms in total. The quantitative estimate of drug-likeness (QED) is 0.629. The second-order valence-corrected chi connectivity index (χ2v) is 4.48. The van der Waals surface area contributed by atoms with E-state index in [9.17, 15) is 8.78 Å². The van der Waals surface area contributed by atoms with Gasteiger partial charge in [0.05, 0.1) is 0 Å². The first-order valence-corrected chi connectivity index (χ1v) is 6.50. The van der Waals surface area contributed by atoms with E-state index in [4.69, 9.17) is 0 Å². The number of benzene rings is 1. The molecule has 1 aromatic carbocycles. The zero-order valence-corrected chi connectivity index (χ0v) is 13.9. The van der Waals surface area contributed by atoms with Crippen molar-refractivity contribution in [3.8, 4) is 11.3 Å². The molecule has 1 heterocycles. The van der Waals surface area contributed by atoms with Crippen LogP contribution in [-0.4, -0.2) is 4.98 Å². The Bertz CT molecular complexity index is 585. The Balaban J connectivity index is 0.00000200. The minimum Gasteiger partial charge on any atom is -0.304 e. The Kier molecular flexibility index (Phi) is 6.44. The molecule has 0 amide bonds. The molecule has 109 valence electrons. The monoisotopic (exact) mass is 453 g/mol. The van der Waals surface area contributed by atoms with Crippen LogP contribution in [0, 0.1) is 17.7 Å².